The molecule has 0 spiro atoms. The Morgan fingerprint density at radius 2 is 2.17 bits per heavy atom. The van der Waals surface area contributed by atoms with Crippen molar-refractivity contribution in [1.82, 2.24) is 19.9 Å². The normalized spacial score (nSPS) is 17.0. The van der Waals surface area contributed by atoms with Crippen molar-refractivity contribution in [2.24, 2.45) is 5.92 Å². The highest BCUT2D eigenvalue weighted by Gasteiger charge is 2.28. The van der Waals surface area contributed by atoms with Crippen molar-refractivity contribution in [2.75, 3.05) is 13.1 Å². The van der Waals surface area contributed by atoms with Gasteiger partial charge < -0.3 is 15.0 Å². The van der Waals surface area contributed by atoms with Gasteiger partial charge in [-0.25, -0.2) is 9.97 Å². The molecule has 23 heavy (non-hydrogen) atoms. The van der Waals surface area contributed by atoms with Crippen molar-refractivity contribution in [2.45, 2.75) is 38.7 Å². The molecule has 1 aliphatic rings. The van der Waals surface area contributed by atoms with Crippen molar-refractivity contribution in [1.29, 1.82) is 0 Å². The van der Waals surface area contributed by atoms with Crippen LogP contribution in [0.4, 0.5) is 0 Å². The number of hydrogen-bond donors (Lipinski definition) is 2. The number of piperidine rings is 1. The number of H-pyrrole nitrogens is 1. The molecule has 3 heterocycles. The molecule has 0 radical (unpaired) electrons. The third-order valence-corrected chi connectivity index (χ3v) is 4.63. The third-order valence-electron chi connectivity index (χ3n) is 4.20. The van der Waals surface area contributed by atoms with Crippen LogP contribution in [-0.4, -0.2) is 49.6 Å². The molecule has 0 unspecified atom stereocenters. The molecule has 0 atom stereocenters. The predicted molar refractivity (Wildman–Crippen MR) is 91.1 cm³/mol. The Bertz CT molecular complexity index is 714. The molecule has 2 N–H and O–H groups in total. The van der Waals surface area contributed by atoms with Gasteiger partial charge in [0.05, 0.1) is 11.1 Å². The lowest BCUT2D eigenvalue weighted by Crippen LogP contribution is -2.40. The Morgan fingerprint density at radius 3 is 2.83 bits per heavy atom. The highest BCUT2D eigenvalue weighted by molar-refractivity contribution is 9.10. The number of imidazole rings is 1. The molecule has 0 aromatic carbocycles. The molecule has 124 valence electrons. The van der Waals surface area contributed by atoms with E-state index in [9.17, 15) is 9.90 Å². The number of carbonyl (C=O) groups excluding carboxylic acids is 1. The number of fused-ring (bicyclic) bond motifs is 1. The van der Waals surface area contributed by atoms with E-state index in [1.807, 2.05) is 24.8 Å². The maximum absolute atomic E-state index is 12.6. The lowest BCUT2D eigenvalue weighted by molar-refractivity contribution is 0.0355. The first-order valence-electron chi connectivity index (χ1n) is 7.85. The van der Waals surface area contributed by atoms with Gasteiger partial charge in [-0.3, -0.25) is 4.79 Å². The summed E-state index contributed by atoms with van der Waals surface area (Å²) in [5, 5.41) is 9.92. The number of rotatable bonds is 3. The number of likely N-dealkylation sites (tertiary alicyclic amines) is 1. The Kier molecular flexibility index (Phi) is 4.42. The number of aromatic amines is 1. The van der Waals surface area contributed by atoms with E-state index in [0.29, 0.717) is 30.5 Å². The van der Waals surface area contributed by atoms with E-state index in [4.69, 9.17) is 0 Å². The Morgan fingerprint density at radius 1 is 1.48 bits per heavy atom. The van der Waals surface area contributed by atoms with Crippen LogP contribution in [0.3, 0.4) is 0 Å². The lowest BCUT2D eigenvalue weighted by atomic mass is 9.86. The fourth-order valence-electron chi connectivity index (χ4n) is 3.17. The number of hydrogen-bond acceptors (Lipinski definition) is 4. The molecule has 0 bridgehead atoms. The molecule has 1 aliphatic heterocycles. The summed E-state index contributed by atoms with van der Waals surface area (Å²) in [7, 11) is 0. The van der Waals surface area contributed by atoms with Crippen LogP contribution >= 0.6 is 15.9 Å². The van der Waals surface area contributed by atoms with E-state index in [1.165, 1.54) is 0 Å². The second-order valence-corrected chi connectivity index (χ2v) is 7.78. The number of amides is 1. The van der Waals surface area contributed by atoms with Gasteiger partial charge in [-0.05, 0) is 61.0 Å². The Hall–Kier alpha value is -1.47. The van der Waals surface area contributed by atoms with Crippen molar-refractivity contribution < 1.29 is 9.90 Å². The van der Waals surface area contributed by atoms with Crippen LogP contribution in [0.5, 0.6) is 0 Å². The largest absolute Gasteiger partial charge is 0.390 e. The summed E-state index contributed by atoms with van der Waals surface area (Å²) in [6, 6.07) is 1.86. The second kappa shape index (κ2) is 6.20. The van der Waals surface area contributed by atoms with E-state index < -0.39 is 5.60 Å². The van der Waals surface area contributed by atoms with Crippen LogP contribution in [-0.2, 0) is 0 Å². The van der Waals surface area contributed by atoms with E-state index in [1.54, 1.807) is 6.20 Å². The van der Waals surface area contributed by atoms with Gasteiger partial charge in [-0.15, -0.1) is 0 Å². The van der Waals surface area contributed by atoms with Crippen molar-refractivity contribution in [3.05, 3.63) is 22.6 Å². The molecule has 0 saturated carbocycles. The van der Waals surface area contributed by atoms with E-state index >= 15 is 0 Å². The number of aromatic nitrogens is 3. The molecule has 1 amide bonds. The SMILES string of the molecule is CC(C)(O)CC1CCN(C(=O)c2nc3ncc(Br)cc3[nH]2)CC1. The molecule has 3 rings (SSSR count). The molecule has 2 aromatic heterocycles. The first-order valence-corrected chi connectivity index (χ1v) is 8.64. The number of nitrogens with zero attached hydrogens (tertiary/aromatic N) is 3. The van der Waals surface area contributed by atoms with Crippen LogP contribution in [0.15, 0.2) is 16.7 Å². The maximum Gasteiger partial charge on any atom is 0.289 e. The number of nitrogens with one attached hydrogen (secondary N) is 1. The third kappa shape index (κ3) is 3.90. The fourth-order valence-corrected chi connectivity index (χ4v) is 3.50. The molecule has 6 nitrogen and oxygen atoms in total. The topological polar surface area (TPSA) is 82.1 Å². The highest BCUT2D eigenvalue weighted by atomic mass is 79.9. The summed E-state index contributed by atoms with van der Waals surface area (Å²) >= 11 is 3.36. The van der Waals surface area contributed by atoms with Gasteiger partial charge in [-0.1, -0.05) is 0 Å². The van der Waals surface area contributed by atoms with Gasteiger partial charge >= 0.3 is 0 Å². The van der Waals surface area contributed by atoms with Crippen LogP contribution < -0.4 is 0 Å². The smallest absolute Gasteiger partial charge is 0.289 e. The second-order valence-electron chi connectivity index (χ2n) is 6.86. The number of aliphatic hydroxyl groups is 1. The van der Waals surface area contributed by atoms with Crippen molar-refractivity contribution >= 4 is 33.0 Å². The van der Waals surface area contributed by atoms with Crippen LogP contribution in [0.2, 0.25) is 0 Å². The minimum absolute atomic E-state index is 0.0826. The Labute approximate surface area is 143 Å². The summed E-state index contributed by atoms with van der Waals surface area (Å²) in [6.07, 6.45) is 4.27. The predicted octanol–water partition coefficient (Wildman–Crippen LogP) is 2.73. The monoisotopic (exact) mass is 380 g/mol. The van der Waals surface area contributed by atoms with Gasteiger partial charge in [0, 0.05) is 23.8 Å². The fraction of sp³-hybridized carbons (Fsp3) is 0.562. The first kappa shape index (κ1) is 16.4. The molecule has 1 fully saturated rings. The maximum atomic E-state index is 12.6. The molecular weight excluding hydrogens is 360 g/mol. The van der Waals surface area contributed by atoms with E-state index in [0.717, 1.165) is 29.3 Å². The zero-order valence-electron chi connectivity index (χ0n) is 13.3. The molecular formula is C16H21BrN4O2. The summed E-state index contributed by atoms with van der Waals surface area (Å²) in [4.78, 5) is 25.9. The van der Waals surface area contributed by atoms with E-state index in [2.05, 4.69) is 30.9 Å². The summed E-state index contributed by atoms with van der Waals surface area (Å²) in [6.45, 7) is 5.08. The quantitative estimate of drug-likeness (QED) is 0.857. The standard InChI is InChI=1S/C16H21BrN4O2/c1-16(2,23)8-10-3-5-21(6-4-10)15(22)14-19-12-7-11(17)9-18-13(12)20-14/h7,9-10,23H,3-6,8H2,1-2H3,(H,18,19,20). The summed E-state index contributed by atoms with van der Waals surface area (Å²) < 4.78 is 0.847. The molecule has 2 aromatic rings. The van der Waals surface area contributed by atoms with Crippen LogP contribution in [0, 0.1) is 5.92 Å². The van der Waals surface area contributed by atoms with Crippen molar-refractivity contribution in [3.8, 4) is 0 Å². The van der Waals surface area contributed by atoms with Crippen LogP contribution in [0.25, 0.3) is 11.2 Å². The first-order chi connectivity index (χ1) is 10.8. The summed E-state index contributed by atoms with van der Waals surface area (Å²) in [5.74, 6) is 0.722. The van der Waals surface area contributed by atoms with Gasteiger partial charge in [0.25, 0.3) is 5.91 Å². The van der Waals surface area contributed by atoms with Gasteiger partial charge in [-0.2, -0.15) is 0 Å². The van der Waals surface area contributed by atoms with Gasteiger partial charge in [0.2, 0.25) is 0 Å². The van der Waals surface area contributed by atoms with Gasteiger partial charge in [0.1, 0.15) is 0 Å². The average Bonchev–Trinajstić information content (AvgIpc) is 2.88. The molecule has 7 heteroatoms. The summed E-state index contributed by atoms with van der Waals surface area (Å²) in [5.41, 5.74) is 0.655. The minimum Gasteiger partial charge on any atom is -0.390 e. The van der Waals surface area contributed by atoms with Crippen LogP contribution in [0.1, 0.15) is 43.7 Å². The zero-order valence-corrected chi connectivity index (χ0v) is 14.9. The number of carbonyl (C=O) groups is 1. The molecule has 1 saturated heterocycles. The Balaban J connectivity index is 1.66. The zero-order chi connectivity index (χ0) is 16.6. The minimum atomic E-state index is -0.644. The number of halogens is 1. The van der Waals surface area contributed by atoms with E-state index in [-0.39, 0.29) is 5.91 Å². The number of pyridine rings is 1. The van der Waals surface area contributed by atoms with Crippen molar-refractivity contribution in [3.63, 3.8) is 0 Å². The highest BCUT2D eigenvalue weighted by Crippen LogP contribution is 2.26. The lowest BCUT2D eigenvalue weighted by Gasteiger charge is -2.34. The molecule has 0 aliphatic carbocycles. The average molecular weight is 381 g/mol. The van der Waals surface area contributed by atoms with Gasteiger partial charge in [0.15, 0.2) is 11.5 Å².